The summed E-state index contributed by atoms with van der Waals surface area (Å²) in [5.74, 6) is 0.286. The largest absolute Gasteiger partial charge is 0.508 e. The third-order valence-electron chi connectivity index (χ3n) is 2.28. The minimum absolute atomic E-state index is 0.286. The standard InChI is InChI=1S/C10H12N2O/c1-12-6-7(5-11)9-4-8(13)2-3-10(9)12/h2-4,6,13H,5,11H2,1H3. The summed E-state index contributed by atoms with van der Waals surface area (Å²) in [4.78, 5) is 0. The lowest BCUT2D eigenvalue weighted by atomic mass is 10.2. The van der Waals surface area contributed by atoms with Crippen molar-refractivity contribution in [1.29, 1.82) is 0 Å². The highest BCUT2D eigenvalue weighted by Gasteiger charge is 2.04. The molecule has 68 valence electrons. The maximum Gasteiger partial charge on any atom is 0.116 e. The Labute approximate surface area is 76.4 Å². The first-order valence-electron chi connectivity index (χ1n) is 4.19. The van der Waals surface area contributed by atoms with Crippen molar-refractivity contribution in [1.82, 2.24) is 4.57 Å². The number of hydrogen-bond acceptors (Lipinski definition) is 2. The molecule has 13 heavy (non-hydrogen) atoms. The highest BCUT2D eigenvalue weighted by molar-refractivity contribution is 5.85. The van der Waals surface area contributed by atoms with E-state index >= 15 is 0 Å². The summed E-state index contributed by atoms with van der Waals surface area (Å²) in [6.07, 6.45) is 1.99. The van der Waals surface area contributed by atoms with Gasteiger partial charge in [0, 0.05) is 30.7 Å². The lowest BCUT2D eigenvalue weighted by Gasteiger charge is -1.96. The number of nitrogens with zero attached hydrogens (tertiary/aromatic N) is 1. The Morgan fingerprint density at radius 1 is 1.46 bits per heavy atom. The number of aryl methyl sites for hydroxylation is 1. The minimum atomic E-state index is 0.286. The number of aromatic hydroxyl groups is 1. The van der Waals surface area contributed by atoms with E-state index in [1.807, 2.05) is 23.9 Å². The van der Waals surface area contributed by atoms with Crippen molar-refractivity contribution in [3.8, 4) is 5.75 Å². The van der Waals surface area contributed by atoms with E-state index in [2.05, 4.69) is 0 Å². The van der Waals surface area contributed by atoms with Crippen molar-refractivity contribution in [2.75, 3.05) is 0 Å². The Kier molecular flexibility index (Phi) is 1.74. The topological polar surface area (TPSA) is 51.2 Å². The number of hydrogen-bond donors (Lipinski definition) is 2. The van der Waals surface area contributed by atoms with E-state index < -0.39 is 0 Å². The number of phenolic OH excluding ortho intramolecular Hbond substituents is 1. The van der Waals surface area contributed by atoms with Crippen LogP contribution in [-0.2, 0) is 13.6 Å². The molecular formula is C10H12N2O. The first kappa shape index (κ1) is 8.13. The van der Waals surface area contributed by atoms with Gasteiger partial charge in [0.05, 0.1) is 0 Å². The van der Waals surface area contributed by atoms with Crippen LogP contribution in [0.2, 0.25) is 0 Å². The van der Waals surface area contributed by atoms with Crippen LogP contribution in [0.15, 0.2) is 24.4 Å². The predicted molar refractivity (Wildman–Crippen MR) is 52.5 cm³/mol. The van der Waals surface area contributed by atoms with Crippen LogP contribution >= 0.6 is 0 Å². The minimum Gasteiger partial charge on any atom is -0.508 e. The molecule has 0 aliphatic carbocycles. The number of phenols is 1. The molecule has 1 heterocycles. The van der Waals surface area contributed by atoms with Crippen molar-refractivity contribution < 1.29 is 5.11 Å². The molecule has 3 heteroatoms. The molecule has 0 aliphatic heterocycles. The van der Waals surface area contributed by atoms with Gasteiger partial charge < -0.3 is 15.4 Å². The molecule has 0 saturated carbocycles. The van der Waals surface area contributed by atoms with Crippen molar-refractivity contribution in [3.63, 3.8) is 0 Å². The Bertz CT molecular complexity index is 445. The molecular weight excluding hydrogens is 164 g/mol. The van der Waals surface area contributed by atoms with Gasteiger partial charge in [0.15, 0.2) is 0 Å². The number of rotatable bonds is 1. The summed E-state index contributed by atoms with van der Waals surface area (Å²) >= 11 is 0. The quantitative estimate of drug-likeness (QED) is 0.689. The average molecular weight is 176 g/mol. The van der Waals surface area contributed by atoms with E-state index in [1.165, 1.54) is 0 Å². The summed E-state index contributed by atoms with van der Waals surface area (Å²) in [5, 5.41) is 10.3. The smallest absolute Gasteiger partial charge is 0.116 e. The third kappa shape index (κ3) is 1.17. The molecule has 0 unspecified atom stereocenters. The van der Waals surface area contributed by atoms with Crippen molar-refractivity contribution >= 4 is 10.9 Å². The van der Waals surface area contributed by atoms with E-state index in [1.54, 1.807) is 12.1 Å². The fraction of sp³-hybridized carbons (Fsp3) is 0.200. The lowest BCUT2D eigenvalue weighted by Crippen LogP contribution is -1.94. The maximum atomic E-state index is 9.31. The fourth-order valence-corrected chi connectivity index (χ4v) is 1.62. The molecule has 0 radical (unpaired) electrons. The predicted octanol–water partition coefficient (Wildman–Crippen LogP) is 1.34. The first-order chi connectivity index (χ1) is 6.22. The number of benzene rings is 1. The molecule has 0 bridgehead atoms. The molecule has 0 amide bonds. The van der Waals surface area contributed by atoms with Gasteiger partial charge in [-0.3, -0.25) is 0 Å². The molecule has 3 nitrogen and oxygen atoms in total. The Hall–Kier alpha value is -1.48. The molecule has 0 atom stereocenters. The Morgan fingerprint density at radius 2 is 2.23 bits per heavy atom. The lowest BCUT2D eigenvalue weighted by molar-refractivity contribution is 0.476. The average Bonchev–Trinajstić information content (AvgIpc) is 2.42. The second-order valence-electron chi connectivity index (χ2n) is 3.17. The van der Waals surface area contributed by atoms with E-state index in [0.29, 0.717) is 6.54 Å². The zero-order valence-electron chi connectivity index (χ0n) is 7.49. The second kappa shape index (κ2) is 2.78. The summed E-state index contributed by atoms with van der Waals surface area (Å²) in [6.45, 7) is 0.501. The van der Waals surface area contributed by atoms with Crippen LogP contribution in [0.1, 0.15) is 5.56 Å². The Morgan fingerprint density at radius 3 is 2.92 bits per heavy atom. The summed E-state index contributed by atoms with van der Waals surface area (Å²) in [6, 6.07) is 5.32. The van der Waals surface area contributed by atoms with Crippen molar-refractivity contribution in [2.45, 2.75) is 6.54 Å². The highest BCUT2D eigenvalue weighted by Crippen LogP contribution is 2.24. The molecule has 0 fully saturated rings. The van der Waals surface area contributed by atoms with Crippen LogP contribution < -0.4 is 5.73 Å². The molecule has 0 spiro atoms. The molecule has 2 rings (SSSR count). The van der Waals surface area contributed by atoms with Gasteiger partial charge in [0.25, 0.3) is 0 Å². The van der Waals surface area contributed by atoms with Gasteiger partial charge in [0.2, 0.25) is 0 Å². The summed E-state index contributed by atoms with van der Waals surface area (Å²) < 4.78 is 2.01. The van der Waals surface area contributed by atoms with E-state index in [4.69, 9.17) is 5.73 Å². The van der Waals surface area contributed by atoms with Gasteiger partial charge in [-0.05, 0) is 23.8 Å². The zero-order valence-corrected chi connectivity index (χ0v) is 7.49. The van der Waals surface area contributed by atoms with Crippen LogP contribution in [0, 0.1) is 0 Å². The molecule has 0 saturated heterocycles. The van der Waals surface area contributed by atoms with E-state index in [0.717, 1.165) is 16.5 Å². The van der Waals surface area contributed by atoms with Gasteiger partial charge in [-0.15, -0.1) is 0 Å². The number of fused-ring (bicyclic) bond motifs is 1. The second-order valence-corrected chi connectivity index (χ2v) is 3.17. The van der Waals surface area contributed by atoms with Gasteiger partial charge >= 0.3 is 0 Å². The summed E-state index contributed by atoms with van der Waals surface area (Å²) in [5.41, 5.74) is 7.74. The molecule has 1 aromatic heterocycles. The van der Waals surface area contributed by atoms with Gasteiger partial charge in [-0.2, -0.15) is 0 Å². The number of aromatic nitrogens is 1. The van der Waals surface area contributed by atoms with Crippen LogP contribution in [0.5, 0.6) is 5.75 Å². The molecule has 2 aromatic rings. The van der Waals surface area contributed by atoms with Crippen LogP contribution in [-0.4, -0.2) is 9.67 Å². The SMILES string of the molecule is Cn1cc(CN)c2cc(O)ccc21. The molecule has 1 aromatic carbocycles. The summed E-state index contributed by atoms with van der Waals surface area (Å²) in [7, 11) is 1.97. The number of nitrogens with two attached hydrogens (primary N) is 1. The molecule has 3 N–H and O–H groups in total. The normalized spacial score (nSPS) is 10.9. The zero-order chi connectivity index (χ0) is 9.42. The first-order valence-corrected chi connectivity index (χ1v) is 4.19. The van der Waals surface area contributed by atoms with Gasteiger partial charge in [-0.25, -0.2) is 0 Å². The van der Waals surface area contributed by atoms with Crippen LogP contribution in [0.25, 0.3) is 10.9 Å². The Balaban J connectivity index is 2.81. The fourth-order valence-electron chi connectivity index (χ4n) is 1.62. The van der Waals surface area contributed by atoms with Gasteiger partial charge in [-0.1, -0.05) is 0 Å². The van der Waals surface area contributed by atoms with Crippen molar-refractivity contribution in [3.05, 3.63) is 30.0 Å². The monoisotopic (exact) mass is 176 g/mol. The molecule has 0 aliphatic rings. The highest BCUT2D eigenvalue weighted by atomic mass is 16.3. The van der Waals surface area contributed by atoms with Crippen LogP contribution in [0.4, 0.5) is 0 Å². The van der Waals surface area contributed by atoms with E-state index in [-0.39, 0.29) is 5.75 Å². The van der Waals surface area contributed by atoms with Gasteiger partial charge in [0.1, 0.15) is 5.75 Å². The third-order valence-corrected chi connectivity index (χ3v) is 2.28. The maximum absolute atomic E-state index is 9.31. The van der Waals surface area contributed by atoms with E-state index in [9.17, 15) is 5.11 Å². The van der Waals surface area contributed by atoms with Crippen LogP contribution in [0.3, 0.4) is 0 Å². The van der Waals surface area contributed by atoms with Crippen molar-refractivity contribution in [2.24, 2.45) is 12.8 Å².